The van der Waals surface area contributed by atoms with Crippen LogP contribution in [0.1, 0.15) is 32.4 Å². The molecule has 0 saturated carbocycles. The number of nitrogens with zero attached hydrogens (tertiary/aromatic N) is 1. The highest BCUT2D eigenvalue weighted by atomic mass is 16.5. The number of rotatable bonds is 3. The Morgan fingerprint density at radius 1 is 1.25 bits per heavy atom. The molecule has 0 heterocycles. The van der Waals surface area contributed by atoms with Crippen molar-refractivity contribution >= 4 is 0 Å². The molecule has 3 nitrogen and oxygen atoms in total. The van der Waals surface area contributed by atoms with E-state index in [1.165, 1.54) is 0 Å². The van der Waals surface area contributed by atoms with Crippen LogP contribution in [0.3, 0.4) is 0 Å². The van der Waals surface area contributed by atoms with Crippen LogP contribution in [-0.4, -0.2) is 12.6 Å². The lowest BCUT2D eigenvalue weighted by molar-refractivity contribution is 0.399. The van der Waals surface area contributed by atoms with E-state index in [4.69, 9.17) is 10.00 Å². The second-order valence-corrected chi connectivity index (χ2v) is 4.73. The fraction of sp³-hybridized carbons (Fsp3) is 0.462. The lowest BCUT2D eigenvalue weighted by atomic mass is 10.0. The van der Waals surface area contributed by atoms with Crippen molar-refractivity contribution in [2.75, 3.05) is 7.11 Å². The molecule has 0 fully saturated rings. The molecule has 1 N–H and O–H groups in total. The van der Waals surface area contributed by atoms with Crippen molar-refractivity contribution in [2.24, 2.45) is 0 Å². The number of nitrogens with one attached hydrogen (secondary N) is 1. The quantitative estimate of drug-likeness (QED) is 0.848. The number of ether oxygens (including phenoxy) is 1. The average Bonchev–Trinajstić information content (AvgIpc) is 2.25. The summed E-state index contributed by atoms with van der Waals surface area (Å²) < 4.78 is 5.08. The zero-order valence-electron chi connectivity index (χ0n) is 10.2. The van der Waals surface area contributed by atoms with E-state index < -0.39 is 0 Å². The summed E-state index contributed by atoms with van der Waals surface area (Å²) >= 11 is 0. The molecular formula is C13H18N2O. The van der Waals surface area contributed by atoms with E-state index in [1.54, 1.807) is 7.11 Å². The van der Waals surface area contributed by atoms with Crippen molar-refractivity contribution in [3.8, 4) is 11.8 Å². The monoisotopic (exact) mass is 218 g/mol. The second-order valence-electron chi connectivity index (χ2n) is 4.73. The molecule has 0 radical (unpaired) electrons. The van der Waals surface area contributed by atoms with Crippen LogP contribution in [0.2, 0.25) is 0 Å². The minimum Gasteiger partial charge on any atom is -0.497 e. The van der Waals surface area contributed by atoms with E-state index in [1.807, 2.05) is 45.0 Å². The molecule has 0 aliphatic rings. The first-order chi connectivity index (χ1) is 7.46. The lowest BCUT2D eigenvalue weighted by Crippen LogP contribution is -2.38. The fourth-order valence-electron chi connectivity index (χ4n) is 1.42. The molecule has 3 heteroatoms. The summed E-state index contributed by atoms with van der Waals surface area (Å²) in [6.45, 7) is 6.13. The van der Waals surface area contributed by atoms with Gasteiger partial charge in [-0.2, -0.15) is 5.26 Å². The van der Waals surface area contributed by atoms with Gasteiger partial charge in [-0.15, -0.1) is 0 Å². The highest BCUT2D eigenvalue weighted by molar-refractivity contribution is 5.31. The normalized spacial score (nSPS) is 12.9. The predicted octanol–water partition coefficient (Wildman–Crippen LogP) is 2.65. The molecule has 0 amide bonds. The number of hydrogen-bond donors (Lipinski definition) is 1. The van der Waals surface area contributed by atoms with Gasteiger partial charge in [0.05, 0.1) is 13.2 Å². The van der Waals surface area contributed by atoms with Crippen LogP contribution in [0.4, 0.5) is 0 Å². The second kappa shape index (κ2) is 5.00. The number of nitriles is 1. The van der Waals surface area contributed by atoms with Crippen molar-refractivity contribution in [3.63, 3.8) is 0 Å². The van der Waals surface area contributed by atoms with Gasteiger partial charge in [0, 0.05) is 5.54 Å². The van der Waals surface area contributed by atoms with Gasteiger partial charge in [0.15, 0.2) is 0 Å². The average molecular weight is 218 g/mol. The van der Waals surface area contributed by atoms with Gasteiger partial charge in [-0.1, -0.05) is 12.1 Å². The van der Waals surface area contributed by atoms with E-state index >= 15 is 0 Å². The van der Waals surface area contributed by atoms with Crippen LogP contribution in [0.25, 0.3) is 0 Å². The van der Waals surface area contributed by atoms with E-state index in [2.05, 4.69) is 11.4 Å². The fourth-order valence-corrected chi connectivity index (χ4v) is 1.42. The molecule has 0 spiro atoms. The van der Waals surface area contributed by atoms with Crippen LogP contribution >= 0.6 is 0 Å². The Balaban J connectivity index is 2.84. The Morgan fingerprint density at radius 3 is 2.19 bits per heavy atom. The lowest BCUT2D eigenvalue weighted by Gasteiger charge is -2.24. The van der Waals surface area contributed by atoms with Crippen LogP contribution in [0, 0.1) is 11.3 Å². The molecule has 0 bridgehead atoms. The van der Waals surface area contributed by atoms with Crippen molar-refractivity contribution in [3.05, 3.63) is 29.8 Å². The minimum atomic E-state index is -0.286. The Labute approximate surface area is 97.0 Å². The summed E-state index contributed by atoms with van der Waals surface area (Å²) in [5.74, 6) is 0.802. The number of benzene rings is 1. The Bertz CT molecular complexity index is 370. The summed E-state index contributed by atoms with van der Waals surface area (Å²) in [5, 5.41) is 12.4. The first-order valence-electron chi connectivity index (χ1n) is 5.27. The third kappa shape index (κ3) is 3.56. The maximum absolute atomic E-state index is 9.13. The van der Waals surface area contributed by atoms with Crippen LogP contribution < -0.4 is 10.1 Å². The molecule has 86 valence electrons. The minimum absolute atomic E-state index is 0.0830. The summed E-state index contributed by atoms with van der Waals surface area (Å²) in [7, 11) is 1.63. The van der Waals surface area contributed by atoms with Crippen LogP contribution in [0.15, 0.2) is 24.3 Å². The highest BCUT2D eigenvalue weighted by Crippen LogP contribution is 2.19. The molecule has 1 unspecified atom stereocenters. The number of methoxy groups -OCH3 is 1. The smallest absolute Gasteiger partial charge is 0.121 e. The zero-order chi connectivity index (χ0) is 12.2. The van der Waals surface area contributed by atoms with Gasteiger partial charge in [-0.25, -0.2) is 0 Å². The molecule has 1 aromatic carbocycles. The van der Waals surface area contributed by atoms with E-state index in [9.17, 15) is 0 Å². The Kier molecular flexibility index (Phi) is 3.92. The van der Waals surface area contributed by atoms with E-state index in [0.717, 1.165) is 11.3 Å². The van der Waals surface area contributed by atoms with E-state index in [-0.39, 0.29) is 11.6 Å². The zero-order valence-corrected chi connectivity index (χ0v) is 10.2. The molecular weight excluding hydrogens is 200 g/mol. The standard InChI is InChI=1S/C13H18N2O/c1-13(2,3)15-12(9-14)10-5-7-11(16-4)8-6-10/h5-8,12,15H,1-4H3. The van der Waals surface area contributed by atoms with Crippen molar-refractivity contribution in [1.29, 1.82) is 5.26 Å². The molecule has 16 heavy (non-hydrogen) atoms. The topological polar surface area (TPSA) is 45.0 Å². The summed E-state index contributed by atoms with van der Waals surface area (Å²) in [6.07, 6.45) is 0. The van der Waals surface area contributed by atoms with Crippen LogP contribution in [-0.2, 0) is 0 Å². The third-order valence-corrected chi connectivity index (χ3v) is 2.16. The summed E-state index contributed by atoms with van der Waals surface area (Å²) in [5.41, 5.74) is 0.874. The molecule has 1 atom stereocenters. The SMILES string of the molecule is COc1ccc(C(C#N)NC(C)(C)C)cc1. The van der Waals surface area contributed by atoms with Gasteiger partial charge < -0.3 is 4.74 Å². The molecule has 0 aliphatic heterocycles. The van der Waals surface area contributed by atoms with Gasteiger partial charge in [-0.3, -0.25) is 5.32 Å². The Morgan fingerprint density at radius 2 is 1.81 bits per heavy atom. The highest BCUT2D eigenvalue weighted by Gasteiger charge is 2.18. The molecule has 1 rings (SSSR count). The van der Waals surface area contributed by atoms with Gasteiger partial charge in [-0.05, 0) is 38.5 Å². The van der Waals surface area contributed by atoms with Crippen molar-refractivity contribution in [2.45, 2.75) is 32.4 Å². The first kappa shape index (κ1) is 12.5. The molecule has 0 saturated heterocycles. The largest absolute Gasteiger partial charge is 0.497 e. The first-order valence-corrected chi connectivity index (χ1v) is 5.27. The maximum Gasteiger partial charge on any atom is 0.121 e. The molecule has 0 aromatic heterocycles. The molecule has 0 aliphatic carbocycles. The summed E-state index contributed by atoms with van der Waals surface area (Å²) in [6, 6.07) is 9.52. The maximum atomic E-state index is 9.13. The van der Waals surface area contributed by atoms with Gasteiger partial charge >= 0.3 is 0 Å². The van der Waals surface area contributed by atoms with Gasteiger partial charge in [0.25, 0.3) is 0 Å². The third-order valence-electron chi connectivity index (χ3n) is 2.16. The van der Waals surface area contributed by atoms with Crippen molar-refractivity contribution < 1.29 is 4.74 Å². The van der Waals surface area contributed by atoms with Crippen LogP contribution in [0.5, 0.6) is 5.75 Å². The molecule has 1 aromatic rings. The predicted molar refractivity (Wildman–Crippen MR) is 64.2 cm³/mol. The van der Waals surface area contributed by atoms with E-state index in [0.29, 0.717) is 0 Å². The van der Waals surface area contributed by atoms with Crippen molar-refractivity contribution in [1.82, 2.24) is 5.32 Å². The van der Waals surface area contributed by atoms with Gasteiger partial charge in [0.2, 0.25) is 0 Å². The number of hydrogen-bond acceptors (Lipinski definition) is 3. The Hall–Kier alpha value is -1.53. The summed E-state index contributed by atoms with van der Waals surface area (Å²) in [4.78, 5) is 0. The van der Waals surface area contributed by atoms with Gasteiger partial charge in [0.1, 0.15) is 11.8 Å².